The maximum absolute atomic E-state index is 12.8. The first kappa shape index (κ1) is 19.7. The molecule has 154 valence electrons. The summed E-state index contributed by atoms with van der Waals surface area (Å²) in [7, 11) is 0. The number of carbonyl (C=O) groups excluding carboxylic acids is 2. The lowest BCUT2D eigenvalue weighted by molar-refractivity contribution is -0.133. The van der Waals surface area contributed by atoms with Crippen LogP contribution in [0.25, 0.3) is 0 Å². The van der Waals surface area contributed by atoms with Crippen molar-refractivity contribution in [3.05, 3.63) is 53.9 Å². The molecule has 1 saturated heterocycles. The summed E-state index contributed by atoms with van der Waals surface area (Å²) in [6.07, 6.45) is 10.4. The molecule has 1 aromatic heterocycles. The van der Waals surface area contributed by atoms with Crippen LogP contribution in [0, 0.1) is 5.92 Å². The molecule has 2 amide bonds. The number of rotatable bonds is 6. The van der Waals surface area contributed by atoms with Gasteiger partial charge in [0.15, 0.2) is 0 Å². The number of nitrogens with zero attached hydrogens (tertiary/aromatic N) is 4. The Morgan fingerprint density at radius 2 is 1.66 bits per heavy atom. The van der Waals surface area contributed by atoms with Gasteiger partial charge in [-0.25, -0.2) is 0 Å². The van der Waals surface area contributed by atoms with Crippen molar-refractivity contribution in [2.24, 2.45) is 5.92 Å². The molecule has 0 atom stereocenters. The summed E-state index contributed by atoms with van der Waals surface area (Å²) in [6, 6.07) is 10.1. The molecule has 6 heteroatoms. The minimum Gasteiger partial charge on any atom is -0.339 e. The van der Waals surface area contributed by atoms with Crippen molar-refractivity contribution < 1.29 is 9.59 Å². The van der Waals surface area contributed by atoms with E-state index < -0.39 is 0 Å². The highest BCUT2D eigenvalue weighted by Gasteiger charge is 2.26. The lowest BCUT2D eigenvalue weighted by Gasteiger charge is -2.34. The molecule has 4 rings (SSSR count). The molecular weight excluding hydrogens is 364 g/mol. The van der Waals surface area contributed by atoms with Gasteiger partial charge in [-0.05, 0) is 17.9 Å². The molecule has 2 aromatic rings. The van der Waals surface area contributed by atoms with Gasteiger partial charge in [-0.15, -0.1) is 0 Å². The van der Waals surface area contributed by atoms with Gasteiger partial charge >= 0.3 is 0 Å². The maximum Gasteiger partial charge on any atom is 0.257 e. The Balaban J connectivity index is 1.25. The zero-order valence-corrected chi connectivity index (χ0v) is 17.0. The first-order chi connectivity index (χ1) is 14.2. The second kappa shape index (κ2) is 9.25. The highest BCUT2D eigenvalue weighted by atomic mass is 16.2. The molecule has 0 unspecified atom stereocenters. The fourth-order valence-corrected chi connectivity index (χ4v) is 4.46. The molecule has 1 aliphatic heterocycles. The van der Waals surface area contributed by atoms with Crippen molar-refractivity contribution in [3.8, 4) is 0 Å². The first-order valence-corrected chi connectivity index (χ1v) is 10.8. The Labute approximate surface area is 172 Å². The average Bonchev–Trinajstić information content (AvgIpc) is 3.44. The van der Waals surface area contributed by atoms with E-state index in [0.717, 1.165) is 17.9 Å². The molecule has 6 nitrogen and oxygen atoms in total. The Bertz CT molecular complexity index is 818. The van der Waals surface area contributed by atoms with Gasteiger partial charge in [0.05, 0.1) is 18.3 Å². The standard InChI is InChI=1S/C23H30N4O2/c28-22(11-10-19-6-4-5-7-19)25-12-14-26(15-13-25)23(29)21-16-24-27(18-21)17-20-8-2-1-3-9-20/h1-3,8-9,16,18-19H,4-7,10-15,17H2. The van der Waals surface area contributed by atoms with Crippen molar-refractivity contribution in [1.82, 2.24) is 19.6 Å². The van der Waals surface area contributed by atoms with E-state index in [4.69, 9.17) is 0 Å². The molecule has 1 aromatic carbocycles. The largest absolute Gasteiger partial charge is 0.339 e. The predicted octanol–water partition coefficient (Wildman–Crippen LogP) is 3.19. The number of hydrogen-bond acceptors (Lipinski definition) is 3. The molecule has 2 fully saturated rings. The van der Waals surface area contributed by atoms with E-state index in [1.165, 1.54) is 25.7 Å². The van der Waals surface area contributed by atoms with Crippen LogP contribution in [0.2, 0.25) is 0 Å². The van der Waals surface area contributed by atoms with Crippen LogP contribution >= 0.6 is 0 Å². The van der Waals surface area contributed by atoms with Crippen molar-refractivity contribution in [1.29, 1.82) is 0 Å². The van der Waals surface area contributed by atoms with Crippen LogP contribution in [0.15, 0.2) is 42.7 Å². The van der Waals surface area contributed by atoms with Crippen LogP contribution in [-0.2, 0) is 11.3 Å². The maximum atomic E-state index is 12.8. The van der Waals surface area contributed by atoms with Crippen LogP contribution in [-0.4, -0.2) is 57.6 Å². The number of amides is 2. The van der Waals surface area contributed by atoms with Crippen LogP contribution in [0.4, 0.5) is 0 Å². The molecule has 2 heterocycles. The van der Waals surface area contributed by atoms with Crippen LogP contribution in [0.5, 0.6) is 0 Å². The smallest absolute Gasteiger partial charge is 0.257 e. The number of benzene rings is 1. The Morgan fingerprint density at radius 1 is 0.966 bits per heavy atom. The third-order valence-corrected chi connectivity index (χ3v) is 6.23. The number of piperazine rings is 1. The van der Waals surface area contributed by atoms with E-state index in [2.05, 4.69) is 5.10 Å². The lowest BCUT2D eigenvalue weighted by Crippen LogP contribution is -2.50. The van der Waals surface area contributed by atoms with E-state index >= 15 is 0 Å². The van der Waals surface area contributed by atoms with Crippen LogP contribution in [0.3, 0.4) is 0 Å². The number of carbonyl (C=O) groups is 2. The zero-order chi connectivity index (χ0) is 20.1. The number of hydrogen-bond donors (Lipinski definition) is 0. The number of aromatic nitrogens is 2. The van der Waals surface area contributed by atoms with Gasteiger partial charge in [-0.2, -0.15) is 5.10 Å². The van der Waals surface area contributed by atoms with Gasteiger partial charge in [0, 0.05) is 38.8 Å². The van der Waals surface area contributed by atoms with Gasteiger partial charge in [0.2, 0.25) is 5.91 Å². The molecule has 1 aliphatic carbocycles. The molecule has 0 radical (unpaired) electrons. The Hall–Kier alpha value is -2.63. The van der Waals surface area contributed by atoms with Gasteiger partial charge in [-0.1, -0.05) is 56.0 Å². The predicted molar refractivity (Wildman–Crippen MR) is 111 cm³/mol. The van der Waals surface area contributed by atoms with E-state index in [0.29, 0.717) is 44.7 Å². The lowest BCUT2D eigenvalue weighted by atomic mass is 10.0. The van der Waals surface area contributed by atoms with Gasteiger partial charge in [0.25, 0.3) is 5.91 Å². The van der Waals surface area contributed by atoms with Crippen molar-refractivity contribution in [2.75, 3.05) is 26.2 Å². The molecule has 29 heavy (non-hydrogen) atoms. The minimum atomic E-state index is 0.00219. The minimum absolute atomic E-state index is 0.00219. The van der Waals surface area contributed by atoms with E-state index in [1.807, 2.05) is 46.3 Å². The zero-order valence-electron chi connectivity index (χ0n) is 17.0. The summed E-state index contributed by atoms with van der Waals surface area (Å²) in [4.78, 5) is 29.1. The quantitative estimate of drug-likeness (QED) is 0.756. The summed E-state index contributed by atoms with van der Waals surface area (Å²) < 4.78 is 1.80. The molecule has 0 spiro atoms. The van der Waals surface area contributed by atoms with E-state index in [9.17, 15) is 9.59 Å². The van der Waals surface area contributed by atoms with Crippen molar-refractivity contribution in [2.45, 2.75) is 45.1 Å². The summed E-state index contributed by atoms with van der Waals surface area (Å²) in [6.45, 7) is 3.11. The van der Waals surface area contributed by atoms with Gasteiger partial charge in [0.1, 0.15) is 0 Å². The first-order valence-electron chi connectivity index (χ1n) is 10.8. The molecule has 1 saturated carbocycles. The normalized spacial score (nSPS) is 17.7. The highest BCUT2D eigenvalue weighted by Crippen LogP contribution is 2.28. The summed E-state index contributed by atoms with van der Waals surface area (Å²) in [5.74, 6) is 0.997. The molecule has 0 bridgehead atoms. The molecular formula is C23H30N4O2. The van der Waals surface area contributed by atoms with E-state index in [1.54, 1.807) is 10.9 Å². The molecule has 2 aliphatic rings. The SMILES string of the molecule is O=C(CCC1CCCC1)N1CCN(C(=O)c2cnn(Cc3ccccc3)c2)CC1. The third kappa shape index (κ3) is 5.05. The topological polar surface area (TPSA) is 58.4 Å². The van der Waals surface area contributed by atoms with Gasteiger partial charge in [-0.3, -0.25) is 14.3 Å². The summed E-state index contributed by atoms with van der Waals surface area (Å²) in [5, 5.41) is 4.34. The van der Waals surface area contributed by atoms with Gasteiger partial charge < -0.3 is 9.80 Å². The summed E-state index contributed by atoms with van der Waals surface area (Å²) in [5.41, 5.74) is 1.77. The Kier molecular flexibility index (Phi) is 6.27. The fourth-order valence-electron chi connectivity index (χ4n) is 4.46. The molecule has 0 N–H and O–H groups in total. The fraction of sp³-hybridized carbons (Fsp3) is 0.522. The Morgan fingerprint density at radius 3 is 2.38 bits per heavy atom. The van der Waals surface area contributed by atoms with Crippen LogP contribution < -0.4 is 0 Å². The van der Waals surface area contributed by atoms with Crippen LogP contribution in [0.1, 0.15) is 54.4 Å². The third-order valence-electron chi connectivity index (χ3n) is 6.23. The van der Waals surface area contributed by atoms with E-state index in [-0.39, 0.29) is 11.8 Å². The monoisotopic (exact) mass is 394 g/mol. The highest BCUT2D eigenvalue weighted by molar-refractivity contribution is 5.94. The summed E-state index contributed by atoms with van der Waals surface area (Å²) >= 11 is 0. The second-order valence-corrected chi connectivity index (χ2v) is 8.27. The van der Waals surface area contributed by atoms with Crippen molar-refractivity contribution in [3.63, 3.8) is 0 Å². The second-order valence-electron chi connectivity index (χ2n) is 8.27. The average molecular weight is 395 g/mol. The van der Waals surface area contributed by atoms with Crippen molar-refractivity contribution >= 4 is 11.8 Å².